The molecule has 0 bridgehead atoms. The van der Waals surface area contributed by atoms with Gasteiger partial charge in [0.2, 0.25) is 0 Å². The maximum absolute atomic E-state index is 10.9. The zero-order valence-corrected chi connectivity index (χ0v) is 7.71. The molecule has 12 heavy (non-hydrogen) atoms. The van der Waals surface area contributed by atoms with Crippen molar-refractivity contribution >= 4 is 11.6 Å². The van der Waals surface area contributed by atoms with Crippen molar-refractivity contribution in [2.24, 2.45) is 0 Å². The number of aliphatic hydroxyl groups is 2. The fraction of sp³-hybridized carbons (Fsp3) is 0.750. The summed E-state index contributed by atoms with van der Waals surface area (Å²) in [6, 6.07) is 0. The van der Waals surface area contributed by atoms with Crippen LogP contribution in [0.5, 0.6) is 0 Å². The van der Waals surface area contributed by atoms with Crippen LogP contribution >= 0.6 is 0 Å². The summed E-state index contributed by atoms with van der Waals surface area (Å²) in [5.74, 6) is -1.27. The molecule has 0 unspecified atom stereocenters. The smallest absolute Gasteiger partial charge is 0.164 e. The molecule has 0 aromatic carbocycles. The third-order valence-electron chi connectivity index (χ3n) is 2.32. The van der Waals surface area contributed by atoms with Crippen LogP contribution in [0, 0.1) is 0 Å². The van der Waals surface area contributed by atoms with E-state index >= 15 is 0 Å². The largest absolute Gasteiger partial charge is 0.379 e. The van der Waals surface area contributed by atoms with Gasteiger partial charge in [0.1, 0.15) is 0 Å². The van der Waals surface area contributed by atoms with E-state index in [9.17, 15) is 19.8 Å². The molecule has 0 saturated heterocycles. The Balaban J connectivity index is 5.01. The highest BCUT2D eigenvalue weighted by molar-refractivity contribution is 5.96. The Morgan fingerprint density at radius 2 is 1.08 bits per heavy atom. The highest BCUT2D eigenvalue weighted by atomic mass is 16.4. The van der Waals surface area contributed by atoms with Gasteiger partial charge in [0.15, 0.2) is 22.8 Å². The first kappa shape index (κ1) is 11.3. The van der Waals surface area contributed by atoms with Gasteiger partial charge in [-0.05, 0) is 27.7 Å². The third-order valence-corrected chi connectivity index (χ3v) is 2.32. The van der Waals surface area contributed by atoms with Gasteiger partial charge in [-0.3, -0.25) is 9.59 Å². The van der Waals surface area contributed by atoms with E-state index in [1.165, 1.54) is 0 Å². The van der Waals surface area contributed by atoms with Crippen molar-refractivity contribution in [1.29, 1.82) is 0 Å². The fourth-order valence-corrected chi connectivity index (χ4v) is 0.686. The molecule has 0 amide bonds. The van der Waals surface area contributed by atoms with E-state index in [0.29, 0.717) is 0 Å². The molecular formula is C8H14O4. The number of hydrogen-bond donors (Lipinski definition) is 2. The van der Waals surface area contributed by atoms with E-state index in [1.54, 1.807) is 0 Å². The summed E-state index contributed by atoms with van der Waals surface area (Å²) in [4.78, 5) is 21.7. The lowest BCUT2D eigenvalue weighted by molar-refractivity contribution is -0.172. The molecule has 0 aliphatic heterocycles. The first-order valence-electron chi connectivity index (χ1n) is 3.61. The average molecular weight is 174 g/mol. The average Bonchev–Trinajstić information content (AvgIpc) is 1.86. The van der Waals surface area contributed by atoms with Gasteiger partial charge in [-0.1, -0.05) is 0 Å². The van der Waals surface area contributed by atoms with Gasteiger partial charge in [-0.15, -0.1) is 0 Å². The van der Waals surface area contributed by atoms with Crippen LogP contribution in [0.4, 0.5) is 0 Å². The normalized spacial score (nSPS) is 20.8. The quantitative estimate of drug-likeness (QED) is 0.614. The van der Waals surface area contributed by atoms with E-state index in [2.05, 4.69) is 0 Å². The molecule has 4 nitrogen and oxygen atoms in total. The summed E-state index contributed by atoms with van der Waals surface area (Å²) in [5, 5.41) is 18.9. The highest BCUT2D eigenvalue weighted by Crippen LogP contribution is 2.23. The van der Waals surface area contributed by atoms with Crippen molar-refractivity contribution < 1.29 is 19.8 Å². The molecule has 0 aromatic heterocycles. The summed E-state index contributed by atoms with van der Waals surface area (Å²) in [6.45, 7) is 4.49. The molecule has 0 aromatic rings. The lowest BCUT2D eigenvalue weighted by atomic mass is 9.80. The number of rotatable bonds is 3. The van der Waals surface area contributed by atoms with Gasteiger partial charge in [-0.2, -0.15) is 0 Å². The lowest BCUT2D eigenvalue weighted by Crippen LogP contribution is -2.58. The van der Waals surface area contributed by atoms with Crippen molar-refractivity contribution in [3.05, 3.63) is 0 Å². The van der Waals surface area contributed by atoms with Gasteiger partial charge in [0, 0.05) is 0 Å². The third kappa shape index (κ3) is 1.54. The molecule has 0 aliphatic carbocycles. The predicted octanol–water partition coefficient (Wildman–Crippen LogP) is -0.334. The van der Waals surface area contributed by atoms with Gasteiger partial charge in [0.05, 0.1) is 0 Å². The molecule has 0 heterocycles. The standard InChI is InChI=1S/C8H14O4/c1-5(9)7(3,11)8(4,12)6(2)10/h11-12H,1-4H3/t7-,8-/m0/s1. The summed E-state index contributed by atoms with van der Waals surface area (Å²) in [7, 11) is 0. The van der Waals surface area contributed by atoms with Crippen LogP contribution in [0.15, 0.2) is 0 Å². The molecule has 4 heteroatoms. The summed E-state index contributed by atoms with van der Waals surface area (Å²) >= 11 is 0. The van der Waals surface area contributed by atoms with Crippen molar-refractivity contribution in [3.8, 4) is 0 Å². The molecular weight excluding hydrogens is 160 g/mol. The van der Waals surface area contributed by atoms with Crippen LogP contribution in [0.2, 0.25) is 0 Å². The van der Waals surface area contributed by atoms with E-state index < -0.39 is 22.8 Å². The van der Waals surface area contributed by atoms with Crippen LogP contribution in [-0.4, -0.2) is 33.0 Å². The van der Waals surface area contributed by atoms with Gasteiger partial charge >= 0.3 is 0 Å². The molecule has 2 atom stereocenters. The highest BCUT2D eigenvalue weighted by Gasteiger charge is 2.49. The predicted molar refractivity (Wildman–Crippen MR) is 42.6 cm³/mol. The molecule has 2 N–H and O–H groups in total. The summed E-state index contributed by atoms with van der Waals surface area (Å²) < 4.78 is 0. The molecule has 0 fully saturated rings. The van der Waals surface area contributed by atoms with Gasteiger partial charge in [-0.25, -0.2) is 0 Å². The number of carbonyl (C=O) groups excluding carboxylic acids is 2. The Bertz CT molecular complexity index is 191. The Hall–Kier alpha value is -0.740. The Labute approximate surface area is 71.2 Å². The Morgan fingerprint density at radius 3 is 1.17 bits per heavy atom. The SMILES string of the molecule is CC(=O)[C@](C)(O)[C@@](C)(O)C(C)=O. The van der Waals surface area contributed by atoms with E-state index in [0.717, 1.165) is 27.7 Å². The second kappa shape index (κ2) is 2.95. The van der Waals surface area contributed by atoms with E-state index in [1.807, 2.05) is 0 Å². The second-order valence-corrected chi connectivity index (χ2v) is 3.26. The monoisotopic (exact) mass is 174 g/mol. The zero-order chi connectivity index (χ0) is 10.2. The maximum atomic E-state index is 10.9. The molecule has 0 spiro atoms. The fourth-order valence-electron chi connectivity index (χ4n) is 0.686. The van der Waals surface area contributed by atoms with Gasteiger partial charge in [0.25, 0.3) is 0 Å². The topological polar surface area (TPSA) is 74.6 Å². The lowest BCUT2D eigenvalue weighted by Gasteiger charge is -2.33. The van der Waals surface area contributed by atoms with Crippen molar-refractivity contribution in [3.63, 3.8) is 0 Å². The Morgan fingerprint density at radius 1 is 0.917 bits per heavy atom. The minimum absolute atomic E-state index is 0.636. The van der Waals surface area contributed by atoms with E-state index in [-0.39, 0.29) is 0 Å². The number of carbonyl (C=O) groups is 2. The first-order chi connectivity index (χ1) is 5.14. The van der Waals surface area contributed by atoms with Crippen LogP contribution in [0.1, 0.15) is 27.7 Å². The first-order valence-corrected chi connectivity index (χ1v) is 3.61. The van der Waals surface area contributed by atoms with Crippen LogP contribution in [0.3, 0.4) is 0 Å². The molecule has 70 valence electrons. The molecule has 0 radical (unpaired) electrons. The van der Waals surface area contributed by atoms with Gasteiger partial charge < -0.3 is 10.2 Å². The minimum atomic E-state index is -2.02. The van der Waals surface area contributed by atoms with Crippen molar-refractivity contribution in [2.75, 3.05) is 0 Å². The van der Waals surface area contributed by atoms with Crippen LogP contribution in [0.25, 0.3) is 0 Å². The minimum Gasteiger partial charge on any atom is -0.379 e. The molecule has 0 aliphatic rings. The number of hydrogen-bond acceptors (Lipinski definition) is 4. The second-order valence-electron chi connectivity index (χ2n) is 3.26. The summed E-state index contributed by atoms with van der Waals surface area (Å²) in [6.07, 6.45) is 0. The van der Waals surface area contributed by atoms with Crippen molar-refractivity contribution in [2.45, 2.75) is 38.9 Å². The summed E-state index contributed by atoms with van der Waals surface area (Å²) in [5.41, 5.74) is -4.03. The maximum Gasteiger partial charge on any atom is 0.164 e. The van der Waals surface area contributed by atoms with Crippen molar-refractivity contribution in [1.82, 2.24) is 0 Å². The number of Topliss-reactive ketones (excluding diaryl/α,β-unsaturated/α-hetero) is 2. The molecule has 0 rings (SSSR count). The molecule has 0 saturated carbocycles. The Kier molecular flexibility index (Phi) is 2.77. The number of ketones is 2. The van der Waals surface area contributed by atoms with Crippen LogP contribution in [-0.2, 0) is 9.59 Å². The van der Waals surface area contributed by atoms with Crippen LogP contribution < -0.4 is 0 Å². The zero-order valence-electron chi connectivity index (χ0n) is 7.71. The van der Waals surface area contributed by atoms with E-state index in [4.69, 9.17) is 0 Å².